The van der Waals surface area contributed by atoms with Gasteiger partial charge in [0.05, 0.1) is 0 Å². The summed E-state index contributed by atoms with van der Waals surface area (Å²) in [6, 6.07) is 13.2. The topological polar surface area (TPSA) is 72.0 Å². The number of benzene rings is 2. The van der Waals surface area contributed by atoms with Crippen LogP contribution in [0.15, 0.2) is 56.8 Å². The van der Waals surface area contributed by atoms with Crippen molar-refractivity contribution in [3.8, 4) is 5.75 Å². The van der Waals surface area contributed by atoms with E-state index in [1.54, 1.807) is 6.07 Å². The second-order valence-corrected chi connectivity index (χ2v) is 6.56. The highest BCUT2D eigenvalue weighted by Gasteiger charge is 2.19. The second-order valence-electron chi connectivity index (χ2n) is 6.56. The maximum atomic E-state index is 12.1. The summed E-state index contributed by atoms with van der Waals surface area (Å²) in [5.41, 5.74) is 4.54. The fourth-order valence-electron chi connectivity index (χ4n) is 3.42. The zero-order chi connectivity index (χ0) is 18.1. The quantitative estimate of drug-likeness (QED) is 0.336. The number of rotatable bonds is 4. The Labute approximate surface area is 150 Å². The summed E-state index contributed by atoms with van der Waals surface area (Å²) in [6.07, 6.45) is 2.69. The van der Waals surface area contributed by atoms with Gasteiger partial charge in [-0.25, -0.2) is 4.79 Å². The van der Waals surface area contributed by atoms with Crippen molar-refractivity contribution in [3.05, 3.63) is 75.1 Å². The van der Waals surface area contributed by atoms with Gasteiger partial charge in [0.1, 0.15) is 23.7 Å². The zero-order valence-electron chi connectivity index (χ0n) is 14.5. The lowest BCUT2D eigenvalue weighted by Crippen LogP contribution is -2.13. The molecule has 0 fully saturated rings. The Morgan fingerprint density at radius 1 is 1.15 bits per heavy atom. The lowest BCUT2D eigenvalue weighted by Gasteiger charge is -2.10. The first-order valence-corrected chi connectivity index (χ1v) is 8.65. The summed E-state index contributed by atoms with van der Waals surface area (Å²) >= 11 is 0. The molecule has 0 amide bonds. The number of hydrogen-bond acceptors (Lipinski definition) is 5. The van der Waals surface area contributed by atoms with E-state index in [4.69, 9.17) is 9.15 Å². The molecule has 5 heteroatoms. The van der Waals surface area contributed by atoms with E-state index < -0.39 is 0 Å². The van der Waals surface area contributed by atoms with Crippen molar-refractivity contribution < 1.29 is 14.4 Å². The molecule has 0 atom stereocenters. The van der Waals surface area contributed by atoms with Crippen molar-refractivity contribution in [3.63, 3.8) is 0 Å². The van der Waals surface area contributed by atoms with Crippen LogP contribution in [0.2, 0.25) is 0 Å². The standard InChI is InChI=1S/C21H19NO4/c1-13-5-7-14(8-6-13)19(22-24)12-25-15-9-10-17-16-3-2-4-18(16)21(23)26-20(17)11-15/h5-11,24H,2-4,12H2,1H3. The van der Waals surface area contributed by atoms with Gasteiger partial charge in [0.25, 0.3) is 0 Å². The maximum Gasteiger partial charge on any atom is 0.339 e. The van der Waals surface area contributed by atoms with E-state index in [2.05, 4.69) is 5.16 Å². The summed E-state index contributed by atoms with van der Waals surface area (Å²) < 4.78 is 11.2. The van der Waals surface area contributed by atoms with Crippen LogP contribution in [0.4, 0.5) is 0 Å². The van der Waals surface area contributed by atoms with E-state index in [-0.39, 0.29) is 12.2 Å². The maximum absolute atomic E-state index is 12.1. The minimum atomic E-state index is -0.251. The summed E-state index contributed by atoms with van der Waals surface area (Å²) in [4.78, 5) is 12.1. The average molecular weight is 349 g/mol. The first kappa shape index (κ1) is 16.4. The molecule has 1 N–H and O–H groups in total. The SMILES string of the molecule is Cc1ccc(C(COc2ccc3c4c(c(=O)oc3c2)CCC4)=NO)cc1. The molecule has 0 aliphatic heterocycles. The van der Waals surface area contributed by atoms with E-state index in [1.165, 1.54) is 0 Å². The van der Waals surface area contributed by atoms with Gasteiger partial charge in [-0.15, -0.1) is 0 Å². The van der Waals surface area contributed by atoms with Crippen LogP contribution in [0, 0.1) is 6.92 Å². The zero-order valence-corrected chi connectivity index (χ0v) is 14.5. The van der Waals surface area contributed by atoms with Crippen LogP contribution >= 0.6 is 0 Å². The van der Waals surface area contributed by atoms with E-state index in [0.717, 1.165) is 46.9 Å². The van der Waals surface area contributed by atoms with Crippen molar-refractivity contribution in [2.45, 2.75) is 26.2 Å². The molecule has 1 aromatic heterocycles. The van der Waals surface area contributed by atoms with Crippen LogP contribution in [-0.4, -0.2) is 17.5 Å². The molecular weight excluding hydrogens is 330 g/mol. The normalized spacial score (nSPS) is 13.8. The molecule has 3 aromatic rings. The third-order valence-corrected chi connectivity index (χ3v) is 4.83. The fourth-order valence-corrected chi connectivity index (χ4v) is 3.42. The van der Waals surface area contributed by atoms with Gasteiger partial charge in [-0.2, -0.15) is 0 Å². The molecule has 26 heavy (non-hydrogen) atoms. The highest BCUT2D eigenvalue weighted by atomic mass is 16.5. The van der Waals surface area contributed by atoms with E-state index in [9.17, 15) is 10.0 Å². The number of fused-ring (bicyclic) bond motifs is 3. The molecular formula is C21H19NO4. The second kappa shape index (κ2) is 6.67. The van der Waals surface area contributed by atoms with E-state index in [0.29, 0.717) is 17.0 Å². The van der Waals surface area contributed by atoms with Crippen molar-refractivity contribution in [2.24, 2.45) is 5.16 Å². The van der Waals surface area contributed by atoms with Crippen molar-refractivity contribution in [2.75, 3.05) is 6.61 Å². The van der Waals surface area contributed by atoms with E-state index >= 15 is 0 Å². The molecule has 4 rings (SSSR count). The first-order chi connectivity index (χ1) is 12.7. The smallest absolute Gasteiger partial charge is 0.339 e. The van der Waals surface area contributed by atoms with Crippen LogP contribution in [0.25, 0.3) is 11.0 Å². The monoisotopic (exact) mass is 349 g/mol. The Kier molecular flexibility index (Phi) is 4.21. The Morgan fingerprint density at radius 2 is 1.92 bits per heavy atom. The van der Waals surface area contributed by atoms with Gasteiger partial charge in [-0.05, 0) is 43.9 Å². The highest BCUT2D eigenvalue weighted by molar-refractivity contribution is 6.01. The van der Waals surface area contributed by atoms with Crippen molar-refractivity contribution in [1.82, 2.24) is 0 Å². The van der Waals surface area contributed by atoms with Gasteiger partial charge in [0.2, 0.25) is 0 Å². The highest BCUT2D eigenvalue weighted by Crippen LogP contribution is 2.29. The van der Waals surface area contributed by atoms with Crippen molar-refractivity contribution in [1.29, 1.82) is 0 Å². The molecule has 5 nitrogen and oxygen atoms in total. The predicted molar refractivity (Wildman–Crippen MR) is 99.5 cm³/mol. The molecule has 0 bridgehead atoms. The molecule has 0 radical (unpaired) electrons. The minimum absolute atomic E-state index is 0.111. The van der Waals surface area contributed by atoms with Gasteiger partial charge >= 0.3 is 5.63 Å². The van der Waals surface area contributed by atoms with Gasteiger partial charge in [0.15, 0.2) is 0 Å². The van der Waals surface area contributed by atoms with E-state index in [1.807, 2.05) is 43.3 Å². The molecule has 0 saturated carbocycles. The largest absolute Gasteiger partial charge is 0.487 e. The van der Waals surface area contributed by atoms with Gasteiger partial charge in [-0.1, -0.05) is 35.0 Å². The number of ether oxygens (including phenoxy) is 1. The molecule has 0 saturated heterocycles. The van der Waals surface area contributed by atoms with Gasteiger partial charge in [0, 0.05) is 22.6 Å². The summed E-state index contributed by atoms with van der Waals surface area (Å²) in [6.45, 7) is 2.11. The molecule has 132 valence electrons. The lowest BCUT2D eigenvalue weighted by molar-refractivity contribution is 0.308. The summed E-state index contributed by atoms with van der Waals surface area (Å²) in [7, 11) is 0. The summed E-state index contributed by atoms with van der Waals surface area (Å²) in [5, 5.41) is 13.6. The minimum Gasteiger partial charge on any atom is -0.487 e. The van der Waals surface area contributed by atoms with Crippen LogP contribution in [0.1, 0.15) is 28.7 Å². The van der Waals surface area contributed by atoms with Gasteiger partial charge < -0.3 is 14.4 Å². The molecule has 0 unspecified atom stereocenters. The Morgan fingerprint density at radius 3 is 2.69 bits per heavy atom. The average Bonchev–Trinajstić information content (AvgIpc) is 3.14. The van der Waals surface area contributed by atoms with Gasteiger partial charge in [-0.3, -0.25) is 0 Å². The number of nitrogens with zero attached hydrogens (tertiary/aromatic N) is 1. The van der Waals surface area contributed by atoms with Crippen LogP contribution in [0.3, 0.4) is 0 Å². The first-order valence-electron chi connectivity index (χ1n) is 8.65. The van der Waals surface area contributed by atoms with Crippen LogP contribution in [0.5, 0.6) is 5.75 Å². The molecule has 1 heterocycles. The third-order valence-electron chi connectivity index (χ3n) is 4.83. The van der Waals surface area contributed by atoms with Crippen molar-refractivity contribution >= 4 is 16.7 Å². The molecule has 1 aliphatic rings. The predicted octanol–water partition coefficient (Wildman–Crippen LogP) is 3.85. The Bertz CT molecular complexity index is 1050. The van der Waals surface area contributed by atoms with Crippen LogP contribution < -0.4 is 10.4 Å². The number of hydrogen-bond donors (Lipinski definition) is 1. The van der Waals surface area contributed by atoms with Crippen LogP contribution in [-0.2, 0) is 12.8 Å². The molecule has 2 aromatic carbocycles. The molecule has 1 aliphatic carbocycles. The fraction of sp³-hybridized carbons (Fsp3) is 0.238. The number of aryl methyl sites for hydroxylation is 2. The third kappa shape index (κ3) is 2.96. The summed E-state index contributed by atoms with van der Waals surface area (Å²) in [5.74, 6) is 0.562. The number of oxime groups is 1. The lowest BCUT2D eigenvalue weighted by atomic mass is 10.1. The molecule has 0 spiro atoms. The Hall–Kier alpha value is -3.08. The Balaban J connectivity index is 1.58.